The van der Waals surface area contributed by atoms with E-state index in [-0.39, 0.29) is 6.04 Å². The number of halogens is 1. The Hall–Kier alpha value is -2.20. The molecule has 0 radical (unpaired) electrons. The Balaban J connectivity index is 1.70. The maximum absolute atomic E-state index is 6.06. The molecule has 1 aliphatic heterocycles. The van der Waals surface area contributed by atoms with Crippen LogP contribution in [-0.4, -0.2) is 12.6 Å². The summed E-state index contributed by atoms with van der Waals surface area (Å²) in [5.74, 6) is 1.35. The number of guanidine groups is 1. The van der Waals surface area contributed by atoms with E-state index in [4.69, 9.17) is 22.1 Å². The third kappa shape index (κ3) is 3.77. The normalized spacial score (nSPS) is 17.3. The van der Waals surface area contributed by atoms with Crippen LogP contribution in [0, 0.1) is 6.92 Å². The van der Waals surface area contributed by atoms with Crippen LogP contribution in [0.2, 0.25) is 5.02 Å². The summed E-state index contributed by atoms with van der Waals surface area (Å²) in [6.45, 7) is 3.23. The van der Waals surface area contributed by atoms with Gasteiger partial charge in [-0.25, -0.2) is 4.99 Å². The van der Waals surface area contributed by atoms with Gasteiger partial charge < -0.3 is 15.8 Å². The lowest BCUT2D eigenvalue weighted by Gasteiger charge is -2.26. The molecule has 2 aromatic carbocycles. The average molecular weight is 330 g/mol. The maximum Gasteiger partial charge on any atom is 0.189 e. The lowest BCUT2D eigenvalue weighted by Crippen LogP contribution is -2.37. The molecule has 0 bridgehead atoms. The molecule has 1 unspecified atom stereocenters. The van der Waals surface area contributed by atoms with Gasteiger partial charge in [0.05, 0.1) is 19.2 Å². The fraction of sp³-hybridized carbons (Fsp3) is 0.278. The molecule has 1 atom stereocenters. The molecule has 3 rings (SSSR count). The standard InChI is InChI=1S/C18H20ClN3O/c1-12-6-7-14(19)10-13(12)11-21-18(20)22-16-8-9-23-17-5-3-2-4-15(16)17/h2-7,10,16H,8-9,11H2,1H3,(H3,20,21,22). The molecule has 5 heteroatoms. The maximum atomic E-state index is 6.06. The summed E-state index contributed by atoms with van der Waals surface area (Å²) in [5, 5.41) is 4.01. The van der Waals surface area contributed by atoms with Crippen LogP contribution in [0.15, 0.2) is 47.5 Å². The van der Waals surface area contributed by atoms with Crippen LogP contribution >= 0.6 is 11.6 Å². The first-order valence-corrected chi connectivity index (χ1v) is 8.04. The summed E-state index contributed by atoms with van der Waals surface area (Å²) < 4.78 is 5.66. The number of nitrogens with two attached hydrogens (primary N) is 1. The topological polar surface area (TPSA) is 59.6 Å². The van der Waals surface area contributed by atoms with Gasteiger partial charge in [0.1, 0.15) is 5.75 Å². The molecule has 3 N–H and O–H groups in total. The van der Waals surface area contributed by atoms with E-state index in [0.29, 0.717) is 24.1 Å². The van der Waals surface area contributed by atoms with Gasteiger partial charge in [-0.15, -0.1) is 0 Å². The summed E-state index contributed by atoms with van der Waals surface area (Å²) in [6.07, 6.45) is 0.865. The van der Waals surface area contributed by atoms with E-state index in [2.05, 4.69) is 16.4 Å². The highest BCUT2D eigenvalue weighted by Crippen LogP contribution is 2.31. The van der Waals surface area contributed by atoms with Crippen LogP contribution in [0.3, 0.4) is 0 Å². The van der Waals surface area contributed by atoms with Crippen molar-refractivity contribution in [2.45, 2.75) is 25.9 Å². The third-order valence-corrected chi connectivity index (χ3v) is 4.25. The average Bonchev–Trinajstić information content (AvgIpc) is 2.56. The number of rotatable bonds is 3. The zero-order valence-electron chi connectivity index (χ0n) is 13.1. The number of hydrogen-bond donors (Lipinski definition) is 2. The molecule has 1 aliphatic rings. The molecule has 0 spiro atoms. The first kappa shape index (κ1) is 15.7. The Bertz CT molecular complexity index is 730. The van der Waals surface area contributed by atoms with E-state index in [9.17, 15) is 0 Å². The van der Waals surface area contributed by atoms with Crippen molar-refractivity contribution in [1.82, 2.24) is 5.32 Å². The molecule has 0 saturated heterocycles. The van der Waals surface area contributed by atoms with Crippen LogP contribution in [0.5, 0.6) is 5.75 Å². The second kappa shape index (κ2) is 6.92. The SMILES string of the molecule is Cc1ccc(Cl)cc1CN=C(N)NC1CCOc2ccccc21. The van der Waals surface area contributed by atoms with Crippen molar-refractivity contribution in [3.05, 3.63) is 64.2 Å². The Morgan fingerprint density at radius 2 is 2.17 bits per heavy atom. The van der Waals surface area contributed by atoms with E-state index < -0.39 is 0 Å². The summed E-state index contributed by atoms with van der Waals surface area (Å²) >= 11 is 6.03. The fourth-order valence-electron chi connectivity index (χ4n) is 2.70. The predicted molar refractivity (Wildman–Crippen MR) is 93.9 cm³/mol. The number of fused-ring (bicyclic) bond motifs is 1. The molecule has 23 heavy (non-hydrogen) atoms. The van der Waals surface area contributed by atoms with Gasteiger partial charge in [-0.05, 0) is 36.2 Å². The molecule has 120 valence electrons. The van der Waals surface area contributed by atoms with Gasteiger partial charge in [0.2, 0.25) is 0 Å². The van der Waals surface area contributed by atoms with Crippen molar-refractivity contribution < 1.29 is 4.74 Å². The molecule has 2 aromatic rings. The van der Waals surface area contributed by atoms with Crippen molar-refractivity contribution >= 4 is 17.6 Å². The molecule has 1 heterocycles. The lowest BCUT2D eigenvalue weighted by atomic mass is 10.0. The van der Waals surface area contributed by atoms with Gasteiger partial charge in [0.25, 0.3) is 0 Å². The minimum Gasteiger partial charge on any atom is -0.493 e. The quantitative estimate of drug-likeness (QED) is 0.668. The molecule has 0 saturated carbocycles. The van der Waals surface area contributed by atoms with Gasteiger partial charge in [-0.2, -0.15) is 0 Å². The summed E-state index contributed by atoms with van der Waals surface area (Å²) in [4.78, 5) is 4.45. The molecular weight excluding hydrogens is 310 g/mol. The first-order chi connectivity index (χ1) is 11.1. The number of hydrogen-bond acceptors (Lipinski definition) is 2. The molecular formula is C18H20ClN3O. The summed E-state index contributed by atoms with van der Waals surface area (Å²) in [6, 6.07) is 13.9. The number of nitrogens with zero attached hydrogens (tertiary/aromatic N) is 1. The van der Waals surface area contributed by atoms with Gasteiger partial charge in [-0.1, -0.05) is 35.9 Å². The predicted octanol–water partition coefficient (Wildman–Crippen LogP) is 3.58. The smallest absolute Gasteiger partial charge is 0.189 e. The minimum absolute atomic E-state index is 0.129. The van der Waals surface area contributed by atoms with E-state index in [1.807, 2.05) is 43.3 Å². The highest BCUT2D eigenvalue weighted by molar-refractivity contribution is 6.30. The van der Waals surface area contributed by atoms with Gasteiger partial charge in [-0.3, -0.25) is 0 Å². The molecule has 0 amide bonds. The highest BCUT2D eigenvalue weighted by Gasteiger charge is 2.21. The molecule has 4 nitrogen and oxygen atoms in total. The van der Waals surface area contributed by atoms with E-state index >= 15 is 0 Å². The first-order valence-electron chi connectivity index (χ1n) is 7.66. The fourth-order valence-corrected chi connectivity index (χ4v) is 2.89. The second-order valence-corrected chi connectivity index (χ2v) is 6.08. The number of para-hydroxylation sites is 1. The van der Waals surface area contributed by atoms with Crippen LogP contribution in [0.25, 0.3) is 0 Å². The number of aliphatic imine (C=N–C) groups is 1. The Labute approximate surface area is 141 Å². The summed E-state index contributed by atoms with van der Waals surface area (Å²) in [5.41, 5.74) is 9.42. The molecule has 0 fully saturated rings. The van der Waals surface area contributed by atoms with E-state index in [0.717, 1.165) is 28.9 Å². The second-order valence-electron chi connectivity index (χ2n) is 5.64. The number of benzene rings is 2. The minimum atomic E-state index is 0.129. The largest absolute Gasteiger partial charge is 0.493 e. The van der Waals surface area contributed by atoms with Gasteiger partial charge in [0.15, 0.2) is 5.96 Å². The number of nitrogens with one attached hydrogen (secondary N) is 1. The van der Waals surface area contributed by atoms with Gasteiger partial charge >= 0.3 is 0 Å². The van der Waals surface area contributed by atoms with Crippen LogP contribution in [0.1, 0.15) is 29.2 Å². The van der Waals surface area contributed by atoms with E-state index in [1.165, 1.54) is 0 Å². The van der Waals surface area contributed by atoms with Crippen LogP contribution < -0.4 is 15.8 Å². The van der Waals surface area contributed by atoms with Gasteiger partial charge in [0, 0.05) is 17.0 Å². The summed E-state index contributed by atoms with van der Waals surface area (Å²) in [7, 11) is 0. The van der Waals surface area contributed by atoms with Crippen LogP contribution in [0.4, 0.5) is 0 Å². The Kier molecular flexibility index (Phi) is 4.72. The van der Waals surface area contributed by atoms with Crippen molar-refractivity contribution in [1.29, 1.82) is 0 Å². The zero-order valence-corrected chi connectivity index (χ0v) is 13.8. The number of aryl methyl sites for hydroxylation is 1. The Morgan fingerprint density at radius 3 is 3.04 bits per heavy atom. The van der Waals surface area contributed by atoms with E-state index in [1.54, 1.807) is 0 Å². The van der Waals surface area contributed by atoms with Crippen molar-refractivity contribution in [3.63, 3.8) is 0 Å². The number of ether oxygens (including phenoxy) is 1. The van der Waals surface area contributed by atoms with Crippen molar-refractivity contribution in [3.8, 4) is 5.75 Å². The lowest BCUT2D eigenvalue weighted by molar-refractivity contribution is 0.262. The zero-order chi connectivity index (χ0) is 16.2. The monoisotopic (exact) mass is 329 g/mol. The Morgan fingerprint density at radius 1 is 1.35 bits per heavy atom. The molecule has 0 aliphatic carbocycles. The van der Waals surface area contributed by atoms with Crippen molar-refractivity contribution in [2.75, 3.05) is 6.61 Å². The van der Waals surface area contributed by atoms with Crippen molar-refractivity contribution in [2.24, 2.45) is 10.7 Å². The molecule has 0 aromatic heterocycles. The third-order valence-electron chi connectivity index (χ3n) is 4.01. The highest BCUT2D eigenvalue weighted by atomic mass is 35.5. The van der Waals surface area contributed by atoms with Crippen LogP contribution in [-0.2, 0) is 6.54 Å².